The molecule has 0 aromatic carbocycles. The smallest absolute Gasteiger partial charge is 0.184 e. The normalized spacial score (nSPS) is 43.8. The standard InChI is InChI=1S/C30H53N3OS/c1-7-20(18(2)3)9-8-19(4)23-10-11-24-22-17-27(32-33-28(31)35)26-16-21(34)12-14-30(26,6)25(22)13-15-29(23,24)5/h18-26,34H,7-17H2,1-6H3,(H3,31,33,35)/b32-27+/t19?,20?,21-,22-,23+,24-,25-,26?,29+,30+/m0/s1. The zero-order chi connectivity index (χ0) is 25.5. The van der Waals surface area contributed by atoms with Gasteiger partial charge in [0.2, 0.25) is 0 Å². The Morgan fingerprint density at radius 3 is 2.43 bits per heavy atom. The number of nitrogens with one attached hydrogen (secondary N) is 1. The molecule has 0 aromatic heterocycles. The maximum atomic E-state index is 10.6. The van der Waals surface area contributed by atoms with Crippen LogP contribution in [0.3, 0.4) is 0 Å². The molecule has 4 N–H and O–H groups in total. The molecule has 0 spiro atoms. The van der Waals surface area contributed by atoms with E-state index in [-0.39, 0.29) is 16.6 Å². The van der Waals surface area contributed by atoms with E-state index < -0.39 is 0 Å². The van der Waals surface area contributed by atoms with Gasteiger partial charge in [0, 0.05) is 11.6 Å². The summed E-state index contributed by atoms with van der Waals surface area (Å²) in [5.41, 5.74) is 10.6. The largest absolute Gasteiger partial charge is 0.393 e. The van der Waals surface area contributed by atoms with E-state index in [1.807, 2.05) is 0 Å². The van der Waals surface area contributed by atoms with Crippen molar-refractivity contribution in [2.75, 3.05) is 0 Å². The van der Waals surface area contributed by atoms with Gasteiger partial charge in [0.1, 0.15) is 0 Å². The van der Waals surface area contributed by atoms with Gasteiger partial charge in [0.25, 0.3) is 0 Å². The number of aliphatic hydroxyl groups excluding tert-OH is 1. The number of thiocarbonyl (C=S) groups is 1. The topological polar surface area (TPSA) is 70.6 Å². The molecule has 0 aliphatic heterocycles. The third kappa shape index (κ3) is 5.07. The minimum Gasteiger partial charge on any atom is -0.393 e. The van der Waals surface area contributed by atoms with Gasteiger partial charge in [0.15, 0.2) is 5.11 Å². The first-order chi connectivity index (χ1) is 16.5. The van der Waals surface area contributed by atoms with Crippen LogP contribution in [-0.2, 0) is 0 Å². The third-order valence-corrected chi connectivity index (χ3v) is 12.1. The Bertz CT molecular complexity index is 798. The molecule has 4 saturated carbocycles. The zero-order valence-corrected chi connectivity index (χ0v) is 24.2. The van der Waals surface area contributed by atoms with Gasteiger partial charge in [-0.1, -0.05) is 54.4 Å². The van der Waals surface area contributed by atoms with Crippen LogP contribution in [-0.4, -0.2) is 22.0 Å². The molecule has 0 bridgehead atoms. The van der Waals surface area contributed by atoms with Gasteiger partial charge in [-0.3, -0.25) is 5.43 Å². The molecule has 0 aromatic rings. The molecular formula is C30H53N3OS. The van der Waals surface area contributed by atoms with Gasteiger partial charge in [0.05, 0.1) is 6.10 Å². The van der Waals surface area contributed by atoms with E-state index in [0.29, 0.717) is 17.3 Å². The molecule has 200 valence electrons. The van der Waals surface area contributed by atoms with E-state index in [1.54, 1.807) is 0 Å². The molecular weight excluding hydrogens is 450 g/mol. The summed E-state index contributed by atoms with van der Waals surface area (Å²) >= 11 is 5.09. The van der Waals surface area contributed by atoms with Crippen LogP contribution in [0.15, 0.2) is 5.10 Å². The molecule has 35 heavy (non-hydrogen) atoms. The molecule has 10 atom stereocenters. The van der Waals surface area contributed by atoms with Crippen LogP contribution >= 0.6 is 12.2 Å². The SMILES string of the molecule is CCC(CCC(C)[C@H]1CC[C@H]2[C@@H]3C/C(=N\NC(N)=S)C4C[C@@H](O)CC[C@]4(C)[C@H]3CC[C@]12C)C(C)C. The van der Waals surface area contributed by atoms with Crippen molar-refractivity contribution in [1.29, 1.82) is 0 Å². The van der Waals surface area contributed by atoms with Crippen molar-refractivity contribution in [3.8, 4) is 0 Å². The van der Waals surface area contributed by atoms with Crippen molar-refractivity contribution >= 4 is 23.0 Å². The highest BCUT2D eigenvalue weighted by Crippen LogP contribution is 2.68. The Kier molecular flexibility index (Phi) is 8.28. The second kappa shape index (κ2) is 10.6. The molecule has 0 saturated heterocycles. The Morgan fingerprint density at radius 1 is 1.09 bits per heavy atom. The predicted octanol–water partition coefficient (Wildman–Crippen LogP) is 6.90. The summed E-state index contributed by atoms with van der Waals surface area (Å²) in [4.78, 5) is 0. The van der Waals surface area contributed by atoms with Crippen LogP contribution < -0.4 is 11.2 Å². The van der Waals surface area contributed by atoms with E-state index in [0.717, 1.165) is 61.2 Å². The van der Waals surface area contributed by atoms with E-state index in [2.05, 4.69) is 47.0 Å². The van der Waals surface area contributed by atoms with E-state index in [1.165, 1.54) is 50.7 Å². The first kappa shape index (κ1) is 27.4. The Balaban J connectivity index is 1.55. The molecule has 4 nitrogen and oxygen atoms in total. The van der Waals surface area contributed by atoms with Gasteiger partial charge in [-0.25, -0.2) is 0 Å². The van der Waals surface area contributed by atoms with Gasteiger partial charge < -0.3 is 10.8 Å². The zero-order valence-electron chi connectivity index (χ0n) is 23.4. The highest BCUT2D eigenvalue weighted by atomic mass is 32.1. The summed E-state index contributed by atoms with van der Waals surface area (Å²) in [5, 5.41) is 15.6. The minimum atomic E-state index is -0.206. The van der Waals surface area contributed by atoms with Crippen LogP contribution in [0.1, 0.15) is 112 Å². The fourth-order valence-corrected chi connectivity index (χ4v) is 10.0. The average molecular weight is 504 g/mol. The minimum absolute atomic E-state index is 0.206. The quantitative estimate of drug-likeness (QED) is 0.261. The summed E-state index contributed by atoms with van der Waals surface area (Å²) in [6.07, 6.45) is 13.4. The van der Waals surface area contributed by atoms with Gasteiger partial charge >= 0.3 is 0 Å². The molecule has 3 unspecified atom stereocenters. The predicted molar refractivity (Wildman–Crippen MR) is 151 cm³/mol. The molecule has 0 amide bonds. The van der Waals surface area contributed by atoms with Crippen molar-refractivity contribution < 1.29 is 5.11 Å². The molecule has 4 fully saturated rings. The summed E-state index contributed by atoms with van der Waals surface area (Å²) in [7, 11) is 0. The Hall–Kier alpha value is -0.680. The maximum absolute atomic E-state index is 10.6. The lowest BCUT2D eigenvalue weighted by Crippen LogP contribution is -2.57. The van der Waals surface area contributed by atoms with E-state index >= 15 is 0 Å². The van der Waals surface area contributed by atoms with Crippen molar-refractivity contribution in [2.45, 2.75) is 118 Å². The second-order valence-corrected chi connectivity index (χ2v) is 14.3. The Morgan fingerprint density at radius 2 is 1.77 bits per heavy atom. The first-order valence-corrected chi connectivity index (χ1v) is 15.2. The first-order valence-electron chi connectivity index (χ1n) is 14.8. The molecule has 0 radical (unpaired) electrons. The number of nitrogens with zero attached hydrogens (tertiary/aromatic N) is 1. The average Bonchev–Trinajstić information content (AvgIpc) is 3.15. The summed E-state index contributed by atoms with van der Waals surface area (Å²) in [5.74, 6) is 5.93. The number of aliphatic hydroxyl groups is 1. The van der Waals surface area contributed by atoms with Gasteiger partial charge in [-0.15, -0.1) is 0 Å². The van der Waals surface area contributed by atoms with Crippen LogP contribution in [0.2, 0.25) is 0 Å². The Labute approximate surface area is 220 Å². The number of rotatable bonds is 7. The summed E-state index contributed by atoms with van der Waals surface area (Å²) in [6, 6.07) is 0. The molecule has 5 heteroatoms. The van der Waals surface area contributed by atoms with Crippen LogP contribution in [0.25, 0.3) is 0 Å². The van der Waals surface area contributed by atoms with Crippen molar-refractivity contribution in [1.82, 2.24) is 5.43 Å². The number of hydrazone groups is 1. The monoisotopic (exact) mass is 503 g/mol. The van der Waals surface area contributed by atoms with E-state index in [4.69, 9.17) is 23.1 Å². The summed E-state index contributed by atoms with van der Waals surface area (Å²) < 4.78 is 0. The fraction of sp³-hybridized carbons (Fsp3) is 0.933. The highest BCUT2D eigenvalue weighted by molar-refractivity contribution is 7.80. The summed E-state index contributed by atoms with van der Waals surface area (Å²) in [6.45, 7) is 14.9. The van der Waals surface area contributed by atoms with Gasteiger partial charge in [-0.2, -0.15) is 5.10 Å². The number of hydrogen-bond acceptors (Lipinski definition) is 3. The van der Waals surface area contributed by atoms with Gasteiger partial charge in [-0.05, 0) is 122 Å². The maximum Gasteiger partial charge on any atom is 0.184 e. The van der Waals surface area contributed by atoms with Crippen molar-refractivity contribution in [2.24, 2.45) is 69.0 Å². The number of nitrogens with two attached hydrogens (primary N) is 1. The fourth-order valence-electron chi connectivity index (χ4n) is 9.96. The van der Waals surface area contributed by atoms with Crippen molar-refractivity contribution in [3.63, 3.8) is 0 Å². The lowest BCUT2D eigenvalue weighted by atomic mass is 9.44. The second-order valence-electron chi connectivity index (χ2n) is 13.8. The molecule has 4 rings (SSSR count). The lowest BCUT2D eigenvalue weighted by molar-refractivity contribution is -0.0940. The van der Waals surface area contributed by atoms with E-state index in [9.17, 15) is 5.11 Å². The third-order valence-electron chi connectivity index (χ3n) is 12.0. The highest BCUT2D eigenvalue weighted by Gasteiger charge is 2.62. The van der Waals surface area contributed by atoms with Crippen LogP contribution in [0.5, 0.6) is 0 Å². The van der Waals surface area contributed by atoms with Crippen LogP contribution in [0, 0.1) is 58.2 Å². The molecule has 4 aliphatic rings. The molecule has 0 heterocycles. The number of fused-ring (bicyclic) bond motifs is 5. The van der Waals surface area contributed by atoms with Crippen molar-refractivity contribution in [3.05, 3.63) is 0 Å². The number of hydrogen-bond donors (Lipinski definition) is 3. The molecule has 4 aliphatic carbocycles. The lowest BCUT2D eigenvalue weighted by Gasteiger charge is -2.61. The van der Waals surface area contributed by atoms with Crippen LogP contribution in [0.4, 0.5) is 0 Å².